The number of terminal acetylenes is 1. The van der Waals surface area contributed by atoms with Gasteiger partial charge in [0, 0.05) is 24.3 Å². The molecule has 1 amide bonds. The Bertz CT molecular complexity index is 474. The van der Waals surface area contributed by atoms with Gasteiger partial charge in [0.25, 0.3) is 5.91 Å². The van der Waals surface area contributed by atoms with Crippen molar-refractivity contribution in [3.05, 3.63) is 29.3 Å². The fraction of sp³-hybridized carbons (Fsp3) is 0.357. The van der Waals surface area contributed by atoms with Gasteiger partial charge in [-0.2, -0.15) is 0 Å². The molecule has 1 aliphatic heterocycles. The molecule has 0 unspecified atom stereocenters. The molecule has 1 aromatic rings. The SMILES string of the molecule is C#CCN(CC)C(=O)c1ccc2c(c1)NCC2. The van der Waals surface area contributed by atoms with E-state index < -0.39 is 0 Å². The molecule has 3 nitrogen and oxygen atoms in total. The third-order valence-electron chi connectivity index (χ3n) is 3.02. The van der Waals surface area contributed by atoms with E-state index in [2.05, 4.69) is 11.2 Å². The zero-order valence-corrected chi connectivity index (χ0v) is 9.99. The van der Waals surface area contributed by atoms with Gasteiger partial charge in [-0.05, 0) is 31.0 Å². The molecular weight excluding hydrogens is 212 g/mol. The predicted molar refractivity (Wildman–Crippen MR) is 69.0 cm³/mol. The zero-order valence-electron chi connectivity index (χ0n) is 9.99. The molecule has 0 bridgehead atoms. The first-order valence-electron chi connectivity index (χ1n) is 5.85. The zero-order chi connectivity index (χ0) is 12.3. The van der Waals surface area contributed by atoms with Crippen molar-refractivity contribution in [2.24, 2.45) is 0 Å². The summed E-state index contributed by atoms with van der Waals surface area (Å²) in [5.41, 5.74) is 3.06. The largest absolute Gasteiger partial charge is 0.384 e. The van der Waals surface area contributed by atoms with E-state index in [1.165, 1.54) is 5.56 Å². The van der Waals surface area contributed by atoms with Crippen molar-refractivity contribution in [2.45, 2.75) is 13.3 Å². The maximum atomic E-state index is 12.2. The molecule has 0 fully saturated rings. The van der Waals surface area contributed by atoms with Gasteiger partial charge in [-0.1, -0.05) is 12.0 Å². The fourth-order valence-corrected chi connectivity index (χ4v) is 2.04. The molecule has 88 valence electrons. The molecule has 3 heteroatoms. The highest BCUT2D eigenvalue weighted by Gasteiger charge is 2.16. The molecule has 17 heavy (non-hydrogen) atoms. The van der Waals surface area contributed by atoms with Crippen LogP contribution in [-0.4, -0.2) is 30.4 Å². The van der Waals surface area contributed by atoms with Crippen molar-refractivity contribution >= 4 is 11.6 Å². The number of benzene rings is 1. The van der Waals surface area contributed by atoms with E-state index in [9.17, 15) is 4.79 Å². The van der Waals surface area contributed by atoms with Gasteiger partial charge >= 0.3 is 0 Å². The van der Waals surface area contributed by atoms with Gasteiger partial charge < -0.3 is 10.2 Å². The van der Waals surface area contributed by atoms with Crippen molar-refractivity contribution in [1.29, 1.82) is 0 Å². The Morgan fingerprint density at radius 3 is 3.12 bits per heavy atom. The number of carbonyl (C=O) groups excluding carboxylic acids is 1. The second kappa shape index (κ2) is 4.92. The minimum absolute atomic E-state index is 0.00181. The Morgan fingerprint density at radius 1 is 1.59 bits per heavy atom. The van der Waals surface area contributed by atoms with Crippen molar-refractivity contribution < 1.29 is 4.79 Å². The maximum absolute atomic E-state index is 12.2. The monoisotopic (exact) mass is 228 g/mol. The number of fused-ring (bicyclic) bond motifs is 1. The predicted octanol–water partition coefficient (Wildman–Crippen LogP) is 1.75. The second-order valence-corrected chi connectivity index (χ2v) is 4.07. The average Bonchev–Trinajstić information content (AvgIpc) is 2.82. The van der Waals surface area contributed by atoms with E-state index in [4.69, 9.17) is 6.42 Å². The smallest absolute Gasteiger partial charge is 0.254 e. The third-order valence-corrected chi connectivity index (χ3v) is 3.02. The Hall–Kier alpha value is -1.95. The van der Waals surface area contributed by atoms with E-state index in [0.717, 1.165) is 18.7 Å². The lowest BCUT2D eigenvalue weighted by atomic mass is 10.1. The van der Waals surface area contributed by atoms with Crippen LogP contribution < -0.4 is 5.32 Å². The Kier molecular flexibility index (Phi) is 3.34. The lowest BCUT2D eigenvalue weighted by molar-refractivity contribution is 0.0785. The van der Waals surface area contributed by atoms with Crippen LogP contribution in [0.3, 0.4) is 0 Å². The molecule has 1 N–H and O–H groups in total. The third kappa shape index (κ3) is 2.26. The first-order chi connectivity index (χ1) is 8.26. The summed E-state index contributed by atoms with van der Waals surface area (Å²) < 4.78 is 0. The molecule has 0 radical (unpaired) electrons. The number of hydrogen-bond donors (Lipinski definition) is 1. The molecule has 1 heterocycles. The summed E-state index contributed by atoms with van der Waals surface area (Å²) in [5, 5.41) is 3.27. The van der Waals surface area contributed by atoms with Crippen molar-refractivity contribution in [1.82, 2.24) is 4.90 Å². The van der Waals surface area contributed by atoms with Crippen LogP contribution in [0, 0.1) is 12.3 Å². The van der Waals surface area contributed by atoms with Gasteiger partial charge in [-0.3, -0.25) is 4.79 Å². The summed E-state index contributed by atoms with van der Waals surface area (Å²) in [4.78, 5) is 13.8. The highest BCUT2D eigenvalue weighted by atomic mass is 16.2. The lowest BCUT2D eigenvalue weighted by Gasteiger charge is -2.18. The minimum Gasteiger partial charge on any atom is -0.384 e. The molecular formula is C14H16N2O. The van der Waals surface area contributed by atoms with Crippen molar-refractivity contribution in [3.8, 4) is 12.3 Å². The molecule has 2 rings (SSSR count). The van der Waals surface area contributed by atoms with Crippen molar-refractivity contribution in [3.63, 3.8) is 0 Å². The lowest BCUT2D eigenvalue weighted by Crippen LogP contribution is -2.31. The molecule has 0 spiro atoms. The highest BCUT2D eigenvalue weighted by Crippen LogP contribution is 2.23. The number of amides is 1. The standard InChI is InChI=1S/C14H16N2O/c1-3-9-16(4-2)14(17)12-6-5-11-7-8-15-13(11)10-12/h1,5-6,10,15H,4,7-9H2,2H3. The number of nitrogens with zero attached hydrogens (tertiary/aromatic N) is 1. The number of carbonyl (C=O) groups is 1. The number of anilines is 1. The second-order valence-electron chi connectivity index (χ2n) is 4.07. The van der Waals surface area contributed by atoms with Crippen LogP contribution in [-0.2, 0) is 6.42 Å². The van der Waals surface area contributed by atoms with E-state index >= 15 is 0 Å². The number of rotatable bonds is 3. The van der Waals surface area contributed by atoms with E-state index in [-0.39, 0.29) is 5.91 Å². The van der Waals surface area contributed by atoms with E-state index in [0.29, 0.717) is 18.7 Å². The first-order valence-corrected chi connectivity index (χ1v) is 5.85. The number of nitrogens with one attached hydrogen (secondary N) is 1. The molecule has 1 aromatic carbocycles. The summed E-state index contributed by atoms with van der Waals surface area (Å²) in [5.74, 6) is 2.51. The molecule has 0 aliphatic carbocycles. The van der Waals surface area contributed by atoms with Crippen LogP contribution in [0.1, 0.15) is 22.8 Å². The van der Waals surface area contributed by atoms with Crippen LogP contribution in [0.5, 0.6) is 0 Å². The Morgan fingerprint density at radius 2 is 2.41 bits per heavy atom. The summed E-state index contributed by atoms with van der Waals surface area (Å²) in [7, 11) is 0. The Labute approximate surface area is 102 Å². The van der Waals surface area contributed by atoms with Gasteiger partial charge in [0.2, 0.25) is 0 Å². The van der Waals surface area contributed by atoms with Crippen LogP contribution in [0.2, 0.25) is 0 Å². The van der Waals surface area contributed by atoms with Gasteiger partial charge in [0.1, 0.15) is 0 Å². The van der Waals surface area contributed by atoms with E-state index in [1.807, 2.05) is 25.1 Å². The van der Waals surface area contributed by atoms with Gasteiger partial charge in [0.05, 0.1) is 6.54 Å². The van der Waals surface area contributed by atoms with Crippen LogP contribution in [0.25, 0.3) is 0 Å². The quantitative estimate of drug-likeness (QED) is 0.799. The molecule has 0 atom stereocenters. The van der Waals surface area contributed by atoms with Crippen LogP contribution >= 0.6 is 0 Å². The minimum atomic E-state index is 0.00181. The van der Waals surface area contributed by atoms with Gasteiger partial charge in [-0.25, -0.2) is 0 Å². The first kappa shape index (κ1) is 11.5. The maximum Gasteiger partial charge on any atom is 0.254 e. The number of hydrogen-bond acceptors (Lipinski definition) is 2. The fourth-order valence-electron chi connectivity index (χ4n) is 2.04. The summed E-state index contributed by atoms with van der Waals surface area (Å²) >= 11 is 0. The molecule has 0 saturated carbocycles. The summed E-state index contributed by atoms with van der Waals surface area (Å²) in [6.45, 7) is 3.88. The highest BCUT2D eigenvalue weighted by molar-refractivity contribution is 5.95. The topological polar surface area (TPSA) is 32.3 Å². The summed E-state index contributed by atoms with van der Waals surface area (Å²) in [6, 6.07) is 5.82. The van der Waals surface area contributed by atoms with Crippen LogP contribution in [0.15, 0.2) is 18.2 Å². The molecule has 1 aliphatic rings. The Balaban J connectivity index is 2.22. The molecule has 0 aromatic heterocycles. The van der Waals surface area contributed by atoms with E-state index in [1.54, 1.807) is 4.90 Å². The molecule has 0 saturated heterocycles. The van der Waals surface area contributed by atoms with Crippen LogP contribution in [0.4, 0.5) is 5.69 Å². The average molecular weight is 228 g/mol. The van der Waals surface area contributed by atoms with Gasteiger partial charge in [-0.15, -0.1) is 6.42 Å². The normalized spacial score (nSPS) is 12.5. The van der Waals surface area contributed by atoms with Gasteiger partial charge in [0.15, 0.2) is 0 Å². The summed E-state index contributed by atoms with van der Waals surface area (Å²) in [6.07, 6.45) is 6.29. The van der Waals surface area contributed by atoms with Crippen molar-refractivity contribution in [2.75, 3.05) is 25.0 Å².